The fourth-order valence-electron chi connectivity index (χ4n) is 4.76. The van der Waals surface area contributed by atoms with Crippen molar-refractivity contribution in [2.45, 2.75) is 25.0 Å². The first kappa shape index (κ1) is 25.6. The molecule has 0 bridgehead atoms. The van der Waals surface area contributed by atoms with Gasteiger partial charge < -0.3 is 30.0 Å². The van der Waals surface area contributed by atoms with Crippen molar-refractivity contribution >= 4 is 11.6 Å². The number of amides is 1. The molecule has 1 fully saturated rings. The number of carbonyl (C=O) groups is 1. The third-order valence-electron chi connectivity index (χ3n) is 6.76. The predicted octanol–water partition coefficient (Wildman–Crippen LogP) is 3.15. The van der Waals surface area contributed by atoms with E-state index in [1.54, 1.807) is 48.5 Å². The van der Waals surface area contributed by atoms with Crippen LogP contribution in [0.4, 0.5) is 4.39 Å². The smallest absolute Gasteiger partial charge is 0.274 e. The number of hydrogen-bond donors (Lipinski definition) is 3. The van der Waals surface area contributed by atoms with Crippen LogP contribution in [0.15, 0.2) is 65.9 Å². The number of likely N-dealkylation sites (tertiary alicyclic amines) is 1. The Balaban J connectivity index is 1.34. The number of carbonyl (C=O) groups excluding carboxylic acids is 1. The molecule has 5 rings (SSSR count). The van der Waals surface area contributed by atoms with Crippen molar-refractivity contribution in [3.8, 4) is 22.8 Å². The van der Waals surface area contributed by atoms with Gasteiger partial charge >= 0.3 is 0 Å². The second-order valence-electron chi connectivity index (χ2n) is 9.32. The molecule has 2 aliphatic heterocycles. The SMILES string of the molecule is O=C(N[C@H](CN1CCCC1)[C@H](O)c1ccc2c(c1)OCCO2)C(=NO)c1ccc(-c2ccc(F)cn2)cc1. The average Bonchev–Trinajstić information content (AvgIpc) is 3.46. The van der Waals surface area contributed by atoms with Crippen molar-refractivity contribution in [1.82, 2.24) is 15.2 Å². The topological polar surface area (TPSA) is 117 Å². The molecule has 38 heavy (non-hydrogen) atoms. The first-order valence-corrected chi connectivity index (χ1v) is 12.6. The monoisotopic (exact) mass is 520 g/mol. The maximum absolute atomic E-state index is 13.3. The zero-order chi connectivity index (χ0) is 26.5. The van der Waals surface area contributed by atoms with E-state index in [-0.39, 0.29) is 5.71 Å². The van der Waals surface area contributed by atoms with Crippen LogP contribution in [0, 0.1) is 5.82 Å². The van der Waals surface area contributed by atoms with Crippen molar-refractivity contribution in [2.75, 3.05) is 32.8 Å². The maximum atomic E-state index is 13.3. The van der Waals surface area contributed by atoms with Crippen LogP contribution >= 0.6 is 0 Å². The molecule has 1 aromatic heterocycles. The van der Waals surface area contributed by atoms with Crippen LogP contribution in [0.25, 0.3) is 11.3 Å². The number of oxime groups is 1. The van der Waals surface area contributed by atoms with Crippen molar-refractivity contribution in [2.24, 2.45) is 5.16 Å². The molecular weight excluding hydrogens is 491 g/mol. The zero-order valence-corrected chi connectivity index (χ0v) is 20.7. The lowest BCUT2D eigenvalue weighted by Crippen LogP contribution is -2.48. The van der Waals surface area contributed by atoms with Gasteiger partial charge in [0.05, 0.1) is 17.9 Å². The van der Waals surface area contributed by atoms with Gasteiger partial charge in [-0.25, -0.2) is 4.39 Å². The molecular formula is C28H29FN4O5. The number of hydrogen-bond acceptors (Lipinski definition) is 8. The standard InChI is InChI=1S/C28H29FN4O5/c29-21-8-9-22(30-16-21)18-3-5-19(6-4-18)26(32-36)28(35)31-23(17-33-11-1-2-12-33)27(34)20-7-10-24-25(15-20)38-14-13-37-24/h3-10,15-16,23,27,34,36H,1-2,11-14,17H2,(H,31,35)/t23-,27-/m1/s1. The van der Waals surface area contributed by atoms with Gasteiger partial charge in [-0.05, 0) is 55.8 Å². The van der Waals surface area contributed by atoms with Crippen molar-refractivity contribution in [3.63, 3.8) is 0 Å². The second-order valence-corrected chi connectivity index (χ2v) is 9.32. The van der Waals surface area contributed by atoms with Gasteiger partial charge in [-0.15, -0.1) is 0 Å². The Labute approximate surface area is 219 Å². The van der Waals surface area contributed by atoms with Gasteiger partial charge in [0, 0.05) is 17.7 Å². The van der Waals surface area contributed by atoms with Crippen molar-refractivity contribution in [3.05, 3.63) is 77.7 Å². The lowest BCUT2D eigenvalue weighted by molar-refractivity contribution is -0.116. The van der Waals surface area contributed by atoms with Crippen LogP contribution in [0.5, 0.6) is 11.5 Å². The minimum atomic E-state index is -1.04. The average molecular weight is 521 g/mol. The summed E-state index contributed by atoms with van der Waals surface area (Å²) in [5.74, 6) is 0.105. The summed E-state index contributed by atoms with van der Waals surface area (Å²) in [4.78, 5) is 19.5. The van der Waals surface area contributed by atoms with E-state index in [1.165, 1.54) is 6.07 Å². The number of nitrogens with zero attached hydrogens (tertiary/aromatic N) is 3. The molecule has 3 aromatic rings. The Hall–Kier alpha value is -4.02. The van der Waals surface area contributed by atoms with Crippen LogP contribution in [0.3, 0.4) is 0 Å². The quantitative estimate of drug-likeness (QED) is 0.237. The highest BCUT2D eigenvalue weighted by atomic mass is 19.1. The fraction of sp³-hybridized carbons (Fsp3) is 0.321. The summed E-state index contributed by atoms with van der Waals surface area (Å²) < 4.78 is 24.4. The highest BCUT2D eigenvalue weighted by Crippen LogP contribution is 2.33. The molecule has 0 radical (unpaired) electrons. The minimum absolute atomic E-state index is 0.190. The number of benzene rings is 2. The summed E-state index contributed by atoms with van der Waals surface area (Å²) in [6.45, 7) is 3.06. The normalized spacial score (nSPS) is 17.2. The number of fused-ring (bicyclic) bond motifs is 1. The molecule has 3 N–H and O–H groups in total. The highest BCUT2D eigenvalue weighted by Gasteiger charge is 2.29. The van der Waals surface area contributed by atoms with Crippen molar-refractivity contribution in [1.29, 1.82) is 0 Å². The van der Waals surface area contributed by atoms with Gasteiger partial charge in [-0.1, -0.05) is 35.5 Å². The summed E-state index contributed by atoms with van der Waals surface area (Å²) in [5, 5.41) is 27.2. The first-order chi connectivity index (χ1) is 18.5. The lowest BCUT2D eigenvalue weighted by atomic mass is 9.99. The number of aliphatic hydroxyl groups excluding tert-OH is 1. The van der Waals surface area contributed by atoms with E-state index in [0.29, 0.717) is 53.6 Å². The molecule has 2 aliphatic rings. The first-order valence-electron chi connectivity index (χ1n) is 12.6. The predicted molar refractivity (Wildman–Crippen MR) is 138 cm³/mol. The van der Waals surface area contributed by atoms with Gasteiger partial charge in [0.1, 0.15) is 25.1 Å². The summed E-state index contributed by atoms with van der Waals surface area (Å²) in [7, 11) is 0. The van der Waals surface area contributed by atoms with Gasteiger partial charge in [-0.2, -0.15) is 0 Å². The number of halogens is 1. The number of rotatable bonds is 8. The van der Waals surface area contributed by atoms with Crippen LogP contribution in [0.2, 0.25) is 0 Å². The van der Waals surface area contributed by atoms with E-state index in [4.69, 9.17) is 9.47 Å². The largest absolute Gasteiger partial charge is 0.486 e. The Morgan fingerprint density at radius 2 is 1.79 bits per heavy atom. The molecule has 2 aromatic carbocycles. The number of pyridine rings is 1. The van der Waals surface area contributed by atoms with E-state index in [0.717, 1.165) is 32.1 Å². The summed E-state index contributed by atoms with van der Waals surface area (Å²) in [6, 6.07) is 14.1. The second kappa shape index (κ2) is 11.6. The van der Waals surface area contributed by atoms with Gasteiger partial charge in [0.2, 0.25) is 0 Å². The van der Waals surface area contributed by atoms with Crippen LogP contribution in [-0.2, 0) is 4.79 Å². The third kappa shape index (κ3) is 5.76. The van der Waals surface area contributed by atoms with E-state index in [2.05, 4.69) is 20.4 Å². The van der Waals surface area contributed by atoms with E-state index < -0.39 is 23.9 Å². The zero-order valence-electron chi connectivity index (χ0n) is 20.7. The van der Waals surface area contributed by atoms with E-state index >= 15 is 0 Å². The number of aliphatic hydroxyl groups is 1. The van der Waals surface area contributed by atoms with Gasteiger partial charge in [0.25, 0.3) is 5.91 Å². The number of aromatic nitrogens is 1. The summed E-state index contributed by atoms with van der Waals surface area (Å²) >= 11 is 0. The third-order valence-corrected chi connectivity index (χ3v) is 6.76. The molecule has 3 heterocycles. The lowest BCUT2D eigenvalue weighted by Gasteiger charge is -2.29. The molecule has 9 nitrogen and oxygen atoms in total. The van der Waals surface area contributed by atoms with Crippen LogP contribution < -0.4 is 14.8 Å². The van der Waals surface area contributed by atoms with Crippen LogP contribution in [0.1, 0.15) is 30.1 Å². The molecule has 2 atom stereocenters. The molecule has 0 spiro atoms. The Bertz CT molecular complexity index is 1290. The molecule has 10 heteroatoms. The summed E-state index contributed by atoms with van der Waals surface area (Å²) in [6.07, 6.45) is 2.20. The Morgan fingerprint density at radius 1 is 1.05 bits per heavy atom. The molecule has 198 valence electrons. The number of ether oxygens (including phenoxy) is 2. The van der Waals surface area contributed by atoms with E-state index in [1.807, 2.05) is 0 Å². The minimum Gasteiger partial charge on any atom is -0.486 e. The van der Waals surface area contributed by atoms with Gasteiger partial charge in [-0.3, -0.25) is 9.78 Å². The molecule has 1 amide bonds. The van der Waals surface area contributed by atoms with E-state index in [9.17, 15) is 19.5 Å². The Morgan fingerprint density at radius 3 is 2.47 bits per heavy atom. The molecule has 1 saturated heterocycles. The highest BCUT2D eigenvalue weighted by molar-refractivity contribution is 6.45. The fourth-order valence-corrected chi connectivity index (χ4v) is 4.76. The van der Waals surface area contributed by atoms with Crippen LogP contribution in [-0.4, -0.2) is 70.7 Å². The van der Waals surface area contributed by atoms with Crippen molar-refractivity contribution < 1.29 is 29.0 Å². The maximum Gasteiger partial charge on any atom is 0.274 e. The van der Waals surface area contributed by atoms with Gasteiger partial charge in [0.15, 0.2) is 17.2 Å². The molecule has 0 aliphatic carbocycles. The molecule has 0 unspecified atom stereocenters. The number of nitrogens with one attached hydrogen (secondary N) is 1. The summed E-state index contributed by atoms with van der Waals surface area (Å²) in [5.41, 5.74) is 2.05. The molecule has 0 saturated carbocycles. The Kier molecular flexibility index (Phi) is 7.81.